The lowest BCUT2D eigenvalue weighted by Crippen LogP contribution is -2.50. The van der Waals surface area contributed by atoms with Gasteiger partial charge < -0.3 is 14.8 Å². The SMILES string of the molecule is O=C(c1cccc2[nH]ccc12)N1CC(n2cc(N3CCCC3=O)cn2)C1. The minimum atomic E-state index is 0.0496. The van der Waals surface area contributed by atoms with Crippen LogP contribution in [-0.4, -0.2) is 51.1 Å². The van der Waals surface area contributed by atoms with Gasteiger partial charge in [0, 0.05) is 54.9 Å². The first-order chi connectivity index (χ1) is 12.7. The van der Waals surface area contributed by atoms with Gasteiger partial charge in [-0.05, 0) is 24.6 Å². The molecule has 0 radical (unpaired) electrons. The van der Waals surface area contributed by atoms with E-state index in [1.807, 2.05) is 46.2 Å². The second-order valence-corrected chi connectivity index (χ2v) is 6.94. The molecule has 2 aliphatic rings. The number of anilines is 1. The average Bonchev–Trinajstić information content (AvgIpc) is 3.32. The van der Waals surface area contributed by atoms with Gasteiger partial charge >= 0.3 is 0 Å². The van der Waals surface area contributed by atoms with Crippen LogP contribution in [0.15, 0.2) is 42.9 Å². The molecule has 4 heterocycles. The molecule has 2 aliphatic heterocycles. The van der Waals surface area contributed by atoms with E-state index in [0.717, 1.165) is 35.1 Å². The maximum absolute atomic E-state index is 12.8. The van der Waals surface area contributed by atoms with Crippen molar-refractivity contribution in [3.8, 4) is 0 Å². The number of rotatable bonds is 3. The highest BCUT2D eigenvalue weighted by molar-refractivity contribution is 6.06. The predicted molar refractivity (Wildman–Crippen MR) is 97.1 cm³/mol. The third-order valence-electron chi connectivity index (χ3n) is 5.32. The van der Waals surface area contributed by atoms with E-state index in [4.69, 9.17) is 0 Å². The van der Waals surface area contributed by atoms with Gasteiger partial charge in [0.25, 0.3) is 5.91 Å². The van der Waals surface area contributed by atoms with Crippen LogP contribution >= 0.6 is 0 Å². The van der Waals surface area contributed by atoms with Crippen molar-refractivity contribution in [1.82, 2.24) is 19.7 Å². The third-order valence-corrected chi connectivity index (χ3v) is 5.32. The number of carbonyl (C=O) groups excluding carboxylic acids is 2. The fraction of sp³-hybridized carbons (Fsp3) is 0.316. The molecule has 7 heteroatoms. The molecule has 26 heavy (non-hydrogen) atoms. The molecule has 132 valence electrons. The molecule has 7 nitrogen and oxygen atoms in total. The van der Waals surface area contributed by atoms with Gasteiger partial charge in [0.1, 0.15) is 0 Å². The van der Waals surface area contributed by atoms with E-state index in [2.05, 4.69) is 10.1 Å². The van der Waals surface area contributed by atoms with Crippen molar-refractivity contribution in [2.45, 2.75) is 18.9 Å². The first-order valence-corrected chi connectivity index (χ1v) is 8.90. The Morgan fingerprint density at radius 2 is 2.12 bits per heavy atom. The molecule has 1 N–H and O–H groups in total. The molecule has 0 bridgehead atoms. The highest BCUT2D eigenvalue weighted by Gasteiger charge is 2.34. The molecule has 1 aromatic carbocycles. The van der Waals surface area contributed by atoms with Crippen molar-refractivity contribution >= 4 is 28.4 Å². The molecule has 2 fully saturated rings. The number of nitrogens with zero attached hydrogens (tertiary/aromatic N) is 4. The first-order valence-electron chi connectivity index (χ1n) is 8.90. The molecule has 3 aromatic rings. The molecule has 0 unspecified atom stereocenters. The molecule has 0 aliphatic carbocycles. The lowest BCUT2D eigenvalue weighted by atomic mass is 10.0. The van der Waals surface area contributed by atoms with Gasteiger partial charge in [0.15, 0.2) is 0 Å². The summed E-state index contributed by atoms with van der Waals surface area (Å²) in [5.41, 5.74) is 2.56. The van der Waals surface area contributed by atoms with Crippen LogP contribution in [0.4, 0.5) is 5.69 Å². The maximum atomic E-state index is 12.8. The van der Waals surface area contributed by atoms with E-state index in [1.165, 1.54) is 0 Å². The van der Waals surface area contributed by atoms with Crippen LogP contribution in [-0.2, 0) is 4.79 Å². The van der Waals surface area contributed by atoms with Crippen molar-refractivity contribution in [1.29, 1.82) is 0 Å². The van der Waals surface area contributed by atoms with Crippen LogP contribution in [0.2, 0.25) is 0 Å². The van der Waals surface area contributed by atoms with Crippen LogP contribution in [0.1, 0.15) is 29.2 Å². The summed E-state index contributed by atoms with van der Waals surface area (Å²) in [4.78, 5) is 31.4. The number of hydrogen-bond acceptors (Lipinski definition) is 3. The number of H-pyrrole nitrogens is 1. The van der Waals surface area contributed by atoms with Crippen molar-refractivity contribution in [2.24, 2.45) is 0 Å². The zero-order valence-electron chi connectivity index (χ0n) is 14.3. The summed E-state index contributed by atoms with van der Waals surface area (Å²) in [6.07, 6.45) is 7.03. The van der Waals surface area contributed by atoms with E-state index in [-0.39, 0.29) is 17.9 Å². The van der Waals surface area contributed by atoms with Crippen LogP contribution < -0.4 is 4.90 Å². The quantitative estimate of drug-likeness (QED) is 0.788. The first kappa shape index (κ1) is 15.2. The molecule has 0 saturated carbocycles. The normalized spacial score (nSPS) is 17.9. The van der Waals surface area contributed by atoms with Crippen molar-refractivity contribution in [3.05, 3.63) is 48.4 Å². The van der Waals surface area contributed by atoms with Gasteiger partial charge in [0.2, 0.25) is 5.91 Å². The summed E-state index contributed by atoms with van der Waals surface area (Å²) in [5, 5.41) is 5.36. The van der Waals surface area contributed by atoms with Gasteiger partial charge in [-0.15, -0.1) is 0 Å². The second-order valence-electron chi connectivity index (χ2n) is 6.94. The second kappa shape index (κ2) is 5.72. The maximum Gasteiger partial charge on any atom is 0.254 e. The zero-order chi connectivity index (χ0) is 17.7. The van der Waals surface area contributed by atoms with E-state index < -0.39 is 0 Å². The zero-order valence-corrected chi connectivity index (χ0v) is 14.3. The van der Waals surface area contributed by atoms with E-state index >= 15 is 0 Å². The summed E-state index contributed by atoms with van der Waals surface area (Å²) in [6, 6.07) is 7.84. The van der Waals surface area contributed by atoms with Gasteiger partial charge in [0.05, 0.1) is 17.9 Å². The van der Waals surface area contributed by atoms with Gasteiger partial charge in [-0.25, -0.2) is 0 Å². The number of carbonyl (C=O) groups is 2. The lowest BCUT2D eigenvalue weighted by Gasteiger charge is -2.39. The molecule has 2 aromatic heterocycles. The van der Waals surface area contributed by atoms with Gasteiger partial charge in [-0.1, -0.05) is 6.07 Å². The number of likely N-dealkylation sites (tertiary alicyclic amines) is 1. The topological polar surface area (TPSA) is 74.2 Å². The van der Waals surface area contributed by atoms with Crippen LogP contribution in [0.3, 0.4) is 0 Å². The number of benzene rings is 1. The Balaban J connectivity index is 1.29. The summed E-state index contributed by atoms with van der Waals surface area (Å²) in [5.74, 6) is 0.211. The number of fused-ring (bicyclic) bond motifs is 1. The minimum Gasteiger partial charge on any atom is -0.361 e. The summed E-state index contributed by atoms with van der Waals surface area (Å²) < 4.78 is 1.88. The molecule has 2 saturated heterocycles. The Morgan fingerprint density at radius 1 is 1.23 bits per heavy atom. The lowest BCUT2D eigenvalue weighted by molar-refractivity contribution is -0.117. The number of aromatic nitrogens is 3. The Bertz CT molecular complexity index is 998. The third kappa shape index (κ3) is 2.31. The van der Waals surface area contributed by atoms with Crippen molar-refractivity contribution < 1.29 is 9.59 Å². The largest absolute Gasteiger partial charge is 0.361 e. The van der Waals surface area contributed by atoms with Crippen molar-refractivity contribution in [3.63, 3.8) is 0 Å². The highest BCUT2D eigenvalue weighted by atomic mass is 16.2. The monoisotopic (exact) mass is 349 g/mol. The van der Waals surface area contributed by atoms with Crippen LogP contribution in [0.25, 0.3) is 10.9 Å². The summed E-state index contributed by atoms with van der Waals surface area (Å²) in [7, 11) is 0. The molecule has 0 spiro atoms. The Labute approximate surface area is 150 Å². The van der Waals surface area contributed by atoms with Crippen LogP contribution in [0, 0.1) is 0 Å². The number of aromatic amines is 1. The van der Waals surface area contributed by atoms with E-state index in [1.54, 1.807) is 11.1 Å². The Hall–Kier alpha value is -3.09. The van der Waals surface area contributed by atoms with E-state index in [0.29, 0.717) is 19.5 Å². The fourth-order valence-corrected chi connectivity index (χ4v) is 3.82. The van der Waals surface area contributed by atoms with Crippen LogP contribution in [0.5, 0.6) is 0 Å². The number of nitrogens with one attached hydrogen (secondary N) is 1. The standard InChI is InChI=1S/C19H19N5O2/c25-18-5-2-8-23(18)13-9-21-24(12-13)14-10-22(11-14)19(26)16-3-1-4-17-15(16)6-7-20-17/h1,3-4,6-7,9,12,14,20H,2,5,8,10-11H2. The molecular formula is C19H19N5O2. The highest BCUT2D eigenvalue weighted by Crippen LogP contribution is 2.28. The Morgan fingerprint density at radius 3 is 2.92 bits per heavy atom. The minimum absolute atomic E-state index is 0.0496. The summed E-state index contributed by atoms with van der Waals surface area (Å²) >= 11 is 0. The van der Waals surface area contributed by atoms with E-state index in [9.17, 15) is 9.59 Å². The number of amides is 2. The molecule has 5 rings (SSSR count). The molecule has 0 atom stereocenters. The van der Waals surface area contributed by atoms with Gasteiger partial charge in [-0.3, -0.25) is 14.3 Å². The van der Waals surface area contributed by atoms with Crippen molar-refractivity contribution in [2.75, 3.05) is 24.5 Å². The fourth-order valence-electron chi connectivity index (χ4n) is 3.82. The smallest absolute Gasteiger partial charge is 0.254 e. The summed E-state index contributed by atoms with van der Waals surface area (Å²) in [6.45, 7) is 2.03. The predicted octanol–water partition coefficient (Wildman–Crippen LogP) is 2.19. The van der Waals surface area contributed by atoms with Gasteiger partial charge in [-0.2, -0.15) is 5.10 Å². The number of hydrogen-bond donors (Lipinski definition) is 1. The molecule has 2 amide bonds. The Kier molecular flexibility index (Phi) is 3.34. The molecular weight excluding hydrogens is 330 g/mol. The average molecular weight is 349 g/mol.